The highest BCUT2D eigenvalue weighted by Gasteiger charge is 2.38. The maximum Gasteiger partial charge on any atom is 0.278 e. The van der Waals surface area contributed by atoms with Crippen LogP contribution < -0.4 is 0 Å². The lowest BCUT2D eigenvalue weighted by atomic mass is 9.94. The lowest BCUT2D eigenvalue weighted by Crippen LogP contribution is -2.23. The second-order valence-corrected chi connectivity index (χ2v) is 4.23. The van der Waals surface area contributed by atoms with Crippen LogP contribution in [0.15, 0.2) is 24.8 Å². The van der Waals surface area contributed by atoms with Crippen molar-refractivity contribution in [3.05, 3.63) is 41.7 Å². The third-order valence-electron chi connectivity index (χ3n) is 2.54. The number of halogens is 3. The van der Waals surface area contributed by atoms with E-state index in [2.05, 4.69) is 6.58 Å². The van der Waals surface area contributed by atoms with Gasteiger partial charge in [-0.25, -0.2) is 13.2 Å². The summed E-state index contributed by atoms with van der Waals surface area (Å²) in [5, 5.41) is 0. The third-order valence-corrected chi connectivity index (χ3v) is 2.54. The van der Waals surface area contributed by atoms with Gasteiger partial charge in [-0.2, -0.15) is 0 Å². The summed E-state index contributed by atoms with van der Waals surface area (Å²) in [5.41, 5.74) is 0.0414. The van der Waals surface area contributed by atoms with E-state index in [0.29, 0.717) is 5.57 Å². The summed E-state index contributed by atoms with van der Waals surface area (Å²) in [7, 11) is 0. The van der Waals surface area contributed by atoms with Crippen LogP contribution in [0.2, 0.25) is 0 Å². The largest absolute Gasteiger partial charge is 0.278 e. The van der Waals surface area contributed by atoms with Crippen LogP contribution in [0.3, 0.4) is 0 Å². The molecule has 1 aromatic carbocycles. The van der Waals surface area contributed by atoms with Crippen LogP contribution in [0.5, 0.6) is 0 Å². The van der Waals surface area contributed by atoms with Crippen LogP contribution in [0.4, 0.5) is 13.2 Å². The van der Waals surface area contributed by atoms with Gasteiger partial charge in [-0.15, -0.1) is 0 Å². The van der Waals surface area contributed by atoms with Crippen molar-refractivity contribution < 1.29 is 13.2 Å². The van der Waals surface area contributed by atoms with E-state index in [1.807, 2.05) is 0 Å². The van der Waals surface area contributed by atoms with Crippen LogP contribution in [0.1, 0.15) is 31.9 Å². The normalized spacial score (nSPS) is 11.9. The molecule has 0 saturated heterocycles. The predicted molar refractivity (Wildman–Crippen MR) is 59.8 cm³/mol. The molecule has 0 saturated carbocycles. The van der Waals surface area contributed by atoms with Gasteiger partial charge < -0.3 is 0 Å². The van der Waals surface area contributed by atoms with Crippen LogP contribution in [0, 0.1) is 11.7 Å². The Kier molecular flexibility index (Phi) is 3.46. The van der Waals surface area contributed by atoms with Gasteiger partial charge in [0.05, 0.1) is 5.56 Å². The van der Waals surface area contributed by atoms with E-state index in [0.717, 1.165) is 6.07 Å². The van der Waals surface area contributed by atoms with Crippen molar-refractivity contribution in [2.24, 2.45) is 5.92 Å². The Morgan fingerprint density at radius 1 is 1.31 bits per heavy atom. The van der Waals surface area contributed by atoms with Gasteiger partial charge in [0.1, 0.15) is 5.82 Å². The lowest BCUT2D eigenvalue weighted by Gasteiger charge is -2.22. The fourth-order valence-electron chi connectivity index (χ4n) is 1.43. The van der Waals surface area contributed by atoms with E-state index in [4.69, 9.17) is 0 Å². The molecule has 0 heterocycles. The summed E-state index contributed by atoms with van der Waals surface area (Å²) < 4.78 is 41.3. The summed E-state index contributed by atoms with van der Waals surface area (Å²) in [5.74, 6) is -4.97. The standard InChI is InChI=1S/C13H15F3/c1-8(2)10-6-5-7-11(12(10)14)13(15,16)9(3)4/h5-7,9H,1H2,2-4H3. The highest BCUT2D eigenvalue weighted by atomic mass is 19.3. The molecule has 1 rings (SSSR count). The first-order valence-electron chi connectivity index (χ1n) is 5.11. The van der Waals surface area contributed by atoms with Crippen molar-refractivity contribution in [1.29, 1.82) is 0 Å². The molecule has 0 amide bonds. The van der Waals surface area contributed by atoms with Gasteiger partial charge in [-0.05, 0) is 12.5 Å². The SMILES string of the molecule is C=C(C)c1cccc(C(F)(F)C(C)C)c1F. The highest BCUT2D eigenvalue weighted by molar-refractivity contribution is 5.62. The third kappa shape index (κ3) is 2.13. The molecule has 3 heteroatoms. The second kappa shape index (κ2) is 4.32. The van der Waals surface area contributed by atoms with E-state index >= 15 is 0 Å². The molecule has 16 heavy (non-hydrogen) atoms. The average molecular weight is 228 g/mol. The molecule has 1 aromatic rings. The van der Waals surface area contributed by atoms with E-state index in [1.54, 1.807) is 6.92 Å². The first-order valence-corrected chi connectivity index (χ1v) is 5.11. The Morgan fingerprint density at radius 3 is 2.31 bits per heavy atom. The summed E-state index contributed by atoms with van der Waals surface area (Å²) in [6, 6.07) is 4.01. The Labute approximate surface area is 93.8 Å². The van der Waals surface area contributed by atoms with Gasteiger partial charge in [-0.1, -0.05) is 38.6 Å². The van der Waals surface area contributed by atoms with Crippen LogP contribution in [-0.4, -0.2) is 0 Å². The number of benzene rings is 1. The summed E-state index contributed by atoms with van der Waals surface area (Å²) in [6.45, 7) is 7.90. The molecule has 0 nitrogen and oxygen atoms in total. The topological polar surface area (TPSA) is 0 Å². The lowest BCUT2D eigenvalue weighted by molar-refractivity contribution is -0.0544. The number of alkyl halides is 2. The molecule has 0 unspecified atom stereocenters. The number of hydrogen-bond acceptors (Lipinski definition) is 0. The molecule has 0 fully saturated rings. The average Bonchev–Trinajstić information content (AvgIpc) is 2.16. The predicted octanol–water partition coefficient (Wildman–Crippen LogP) is 4.61. The Bertz CT molecular complexity index is 406. The Morgan fingerprint density at radius 2 is 1.88 bits per heavy atom. The van der Waals surface area contributed by atoms with Gasteiger partial charge in [0.15, 0.2) is 0 Å². The van der Waals surface area contributed by atoms with Crippen molar-refractivity contribution in [3.63, 3.8) is 0 Å². The zero-order valence-corrected chi connectivity index (χ0v) is 9.65. The molecule has 0 atom stereocenters. The summed E-state index contributed by atoms with van der Waals surface area (Å²) in [4.78, 5) is 0. The fourth-order valence-corrected chi connectivity index (χ4v) is 1.43. The van der Waals surface area contributed by atoms with Gasteiger partial charge in [0.2, 0.25) is 0 Å². The van der Waals surface area contributed by atoms with E-state index in [-0.39, 0.29) is 5.56 Å². The van der Waals surface area contributed by atoms with Crippen LogP contribution in [0.25, 0.3) is 5.57 Å². The zero-order valence-electron chi connectivity index (χ0n) is 9.65. The molecule has 88 valence electrons. The van der Waals surface area contributed by atoms with Gasteiger partial charge in [-0.3, -0.25) is 0 Å². The van der Waals surface area contributed by atoms with Gasteiger partial charge in [0.25, 0.3) is 5.92 Å². The Hall–Kier alpha value is -1.25. The zero-order chi connectivity index (χ0) is 12.5. The smallest absolute Gasteiger partial charge is 0.206 e. The molecular weight excluding hydrogens is 213 g/mol. The number of hydrogen-bond donors (Lipinski definition) is 0. The van der Waals surface area contributed by atoms with E-state index < -0.39 is 23.2 Å². The molecule has 0 aromatic heterocycles. The van der Waals surface area contributed by atoms with Crippen molar-refractivity contribution in [2.75, 3.05) is 0 Å². The van der Waals surface area contributed by atoms with Crippen molar-refractivity contribution in [2.45, 2.75) is 26.7 Å². The number of allylic oxidation sites excluding steroid dienone is 1. The van der Waals surface area contributed by atoms with Crippen molar-refractivity contribution in [3.8, 4) is 0 Å². The Balaban J connectivity index is 3.36. The molecule has 0 aliphatic carbocycles. The van der Waals surface area contributed by atoms with E-state index in [1.165, 1.54) is 26.0 Å². The minimum absolute atomic E-state index is 0.151. The molecule has 0 spiro atoms. The van der Waals surface area contributed by atoms with E-state index in [9.17, 15) is 13.2 Å². The van der Waals surface area contributed by atoms with Gasteiger partial charge >= 0.3 is 0 Å². The quantitative estimate of drug-likeness (QED) is 0.708. The molecule has 0 bridgehead atoms. The van der Waals surface area contributed by atoms with Crippen LogP contribution >= 0.6 is 0 Å². The minimum Gasteiger partial charge on any atom is -0.206 e. The van der Waals surface area contributed by atoms with Crippen molar-refractivity contribution >= 4 is 5.57 Å². The second-order valence-electron chi connectivity index (χ2n) is 4.23. The molecule has 0 radical (unpaired) electrons. The fraction of sp³-hybridized carbons (Fsp3) is 0.385. The van der Waals surface area contributed by atoms with Crippen molar-refractivity contribution in [1.82, 2.24) is 0 Å². The first kappa shape index (κ1) is 12.8. The van der Waals surface area contributed by atoms with Gasteiger partial charge in [0, 0.05) is 11.5 Å². The molecule has 0 N–H and O–H groups in total. The monoisotopic (exact) mass is 228 g/mol. The highest BCUT2D eigenvalue weighted by Crippen LogP contribution is 2.38. The molecule has 0 aliphatic rings. The maximum atomic E-state index is 13.8. The number of rotatable bonds is 3. The first-order chi connectivity index (χ1) is 7.28. The summed E-state index contributed by atoms with van der Waals surface area (Å²) in [6.07, 6.45) is 0. The molecule has 0 aliphatic heterocycles. The molecular formula is C13H15F3. The summed E-state index contributed by atoms with van der Waals surface area (Å²) >= 11 is 0. The minimum atomic E-state index is -3.16. The maximum absolute atomic E-state index is 13.8. The van der Waals surface area contributed by atoms with Crippen LogP contribution in [-0.2, 0) is 5.92 Å².